The van der Waals surface area contributed by atoms with Gasteiger partial charge in [0.25, 0.3) is 5.91 Å². The molecule has 0 aliphatic rings. The Bertz CT molecular complexity index is 1160. The average Bonchev–Trinajstić information content (AvgIpc) is 3.16. The van der Waals surface area contributed by atoms with E-state index in [1.54, 1.807) is 61.7 Å². The summed E-state index contributed by atoms with van der Waals surface area (Å²) in [4.78, 5) is 28.9. The van der Waals surface area contributed by atoms with Gasteiger partial charge in [0.05, 0.1) is 13.3 Å². The van der Waals surface area contributed by atoms with E-state index in [1.807, 2.05) is 0 Å². The van der Waals surface area contributed by atoms with Crippen molar-refractivity contribution >= 4 is 17.4 Å². The maximum atomic E-state index is 12.6. The molecule has 1 amide bonds. The number of carbonyl (C=O) groups is 1. The Hall–Kier alpha value is -3.94. The lowest BCUT2D eigenvalue weighted by Crippen LogP contribution is -2.23. The van der Waals surface area contributed by atoms with Crippen LogP contribution < -0.4 is 15.6 Å². The number of ether oxygens (including phenoxy) is 1. The van der Waals surface area contributed by atoms with Gasteiger partial charge >= 0.3 is 11.4 Å². The molecule has 0 bridgehead atoms. The molecule has 8 heteroatoms. The van der Waals surface area contributed by atoms with Crippen molar-refractivity contribution in [2.45, 2.75) is 0 Å². The maximum Gasteiger partial charge on any atom is 0.328 e. The number of carbonyl (C=O) groups excluding carboxylic acids is 1. The molecule has 0 saturated heterocycles. The summed E-state index contributed by atoms with van der Waals surface area (Å²) in [5, 5.41) is 6.71. The first-order valence-corrected chi connectivity index (χ1v) is 8.05. The second-order valence-electron chi connectivity index (χ2n) is 5.63. The molecule has 0 aliphatic heterocycles. The Morgan fingerprint density at radius 1 is 1.11 bits per heavy atom. The number of nitrogens with one attached hydrogen (secondary N) is 1. The normalized spacial score (nSPS) is 10.7. The number of hydrogen-bond donors (Lipinski definition) is 1. The molecule has 2 aromatic carbocycles. The third kappa shape index (κ3) is 3.15. The minimum atomic E-state index is -0.534. The Morgan fingerprint density at radius 2 is 1.85 bits per heavy atom. The van der Waals surface area contributed by atoms with Gasteiger partial charge in [0, 0.05) is 11.1 Å². The van der Waals surface area contributed by atoms with Gasteiger partial charge in [-0.1, -0.05) is 18.2 Å². The van der Waals surface area contributed by atoms with Crippen LogP contribution in [0.5, 0.6) is 5.75 Å². The minimum Gasteiger partial charge on any atom is -0.497 e. The Kier molecular flexibility index (Phi) is 4.13. The Morgan fingerprint density at radius 3 is 2.56 bits per heavy atom. The van der Waals surface area contributed by atoms with Gasteiger partial charge in [0.1, 0.15) is 11.4 Å². The van der Waals surface area contributed by atoms with Crippen molar-refractivity contribution in [1.29, 1.82) is 0 Å². The molecule has 1 N–H and O–H groups in total. The highest BCUT2D eigenvalue weighted by atomic mass is 16.5. The van der Waals surface area contributed by atoms with Crippen molar-refractivity contribution in [3.05, 3.63) is 76.7 Å². The van der Waals surface area contributed by atoms with Crippen LogP contribution in [0.25, 0.3) is 17.3 Å². The molecular weight excluding hydrogens is 348 g/mol. The number of hydrogen-bond acceptors (Lipinski definition) is 6. The number of fused-ring (bicyclic) bond motifs is 1. The van der Waals surface area contributed by atoms with E-state index in [0.717, 1.165) is 4.52 Å². The quantitative estimate of drug-likeness (QED) is 0.599. The van der Waals surface area contributed by atoms with Crippen LogP contribution in [0.15, 0.2) is 70.0 Å². The number of rotatable bonds is 4. The van der Waals surface area contributed by atoms with Gasteiger partial charge in [0.2, 0.25) is 5.89 Å². The zero-order valence-corrected chi connectivity index (χ0v) is 14.2. The van der Waals surface area contributed by atoms with E-state index in [-0.39, 0.29) is 17.4 Å². The SMILES string of the molecule is COc1ccc(-c2nn3c(=O)c(NC(=O)c4ccccc4)cnc3o2)cc1. The Labute approximate surface area is 153 Å². The molecule has 0 atom stereocenters. The van der Waals surface area contributed by atoms with Crippen molar-refractivity contribution in [3.63, 3.8) is 0 Å². The molecule has 4 aromatic rings. The van der Waals surface area contributed by atoms with Crippen molar-refractivity contribution in [3.8, 4) is 17.2 Å². The van der Waals surface area contributed by atoms with Gasteiger partial charge < -0.3 is 14.5 Å². The summed E-state index contributed by atoms with van der Waals surface area (Å²) >= 11 is 0. The van der Waals surface area contributed by atoms with Crippen LogP contribution in [0.3, 0.4) is 0 Å². The standard InChI is InChI=1S/C19H14N4O4/c1-26-14-9-7-13(8-10-14)17-22-23-18(25)15(11-20-19(23)27-17)21-16(24)12-5-3-2-4-6-12/h2-11H,1H3,(H,21,24). The van der Waals surface area contributed by atoms with Gasteiger partial charge in [-0.25, -0.2) is 4.98 Å². The van der Waals surface area contributed by atoms with E-state index in [2.05, 4.69) is 15.4 Å². The van der Waals surface area contributed by atoms with Gasteiger partial charge in [-0.15, -0.1) is 9.61 Å². The summed E-state index contributed by atoms with van der Waals surface area (Å²) in [6.45, 7) is 0. The zero-order chi connectivity index (χ0) is 18.8. The lowest BCUT2D eigenvalue weighted by molar-refractivity contribution is 0.102. The van der Waals surface area contributed by atoms with Gasteiger partial charge in [-0.05, 0) is 36.4 Å². The number of benzene rings is 2. The molecule has 4 rings (SSSR count). The number of methoxy groups -OCH3 is 1. The molecule has 8 nitrogen and oxygen atoms in total. The number of amides is 1. The molecule has 0 saturated carbocycles. The second-order valence-corrected chi connectivity index (χ2v) is 5.63. The van der Waals surface area contributed by atoms with Crippen molar-refractivity contribution in [2.24, 2.45) is 0 Å². The molecule has 0 spiro atoms. The summed E-state index contributed by atoms with van der Waals surface area (Å²) in [6, 6.07) is 15.6. The number of aromatic nitrogens is 3. The summed E-state index contributed by atoms with van der Waals surface area (Å²) in [6.07, 6.45) is 1.25. The first-order chi connectivity index (χ1) is 13.2. The second kappa shape index (κ2) is 6.75. The molecular formula is C19H14N4O4. The largest absolute Gasteiger partial charge is 0.497 e. The highest BCUT2D eigenvalue weighted by molar-refractivity contribution is 6.04. The van der Waals surface area contributed by atoms with E-state index in [4.69, 9.17) is 9.15 Å². The maximum absolute atomic E-state index is 12.6. The molecule has 134 valence electrons. The average molecular weight is 362 g/mol. The van der Waals surface area contributed by atoms with E-state index in [9.17, 15) is 9.59 Å². The van der Waals surface area contributed by atoms with Crippen LogP contribution >= 0.6 is 0 Å². The summed E-state index contributed by atoms with van der Waals surface area (Å²) in [5.74, 6) is 0.543. The summed E-state index contributed by atoms with van der Waals surface area (Å²) in [7, 11) is 1.57. The summed E-state index contributed by atoms with van der Waals surface area (Å²) < 4.78 is 11.7. The summed E-state index contributed by atoms with van der Waals surface area (Å²) in [5.41, 5.74) is 0.570. The van der Waals surface area contributed by atoms with Crippen LogP contribution in [0, 0.1) is 0 Å². The molecule has 2 aromatic heterocycles. The highest BCUT2D eigenvalue weighted by Crippen LogP contribution is 2.21. The lowest BCUT2D eigenvalue weighted by Gasteiger charge is -2.03. The third-order valence-electron chi connectivity index (χ3n) is 3.91. The molecule has 0 fully saturated rings. The smallest absolute Gasteiger partial charge is 0.328 e. The first-order valence-electron chi connectivity index (χ1n) is 8.05. The van der Waals surface area contributed by atoms with Crippen LogP contribution in [-0.2, 0) is 0 Å². The molecule has 0 unspecified atom stereocenters. The predicted octanol–water partition coefficient (Wildman–Crippen LogP) is 2.61. The van der Waals surface area contributed by atoms with E-state index in [1.165, 1.54) is 6.20 Å². The van der Waals surface area contributed by atoms with E-state index in [0.29, 0.717) is 16.9 Å². The number of nitrogens with zero attached hydrogens (tertiary/aromatic N) is 3. The number of anilines is 1. The molecule has 2 heterocycles. The first kappa shape index (κ1) is 16.5. The van der Waals surface area contributed by atoms with Crippen molar-refractivity contribution in [2.75, 3.05) is 12.4 Å². The molecule has 27 heavy (non-hydrogen) atoms. The highest BCUT2D eigenvalue weighted by Gasteiger charge is 2.15. The Balaban J connectivity index is 1.67. The van der Waals surface area contributed by atoms with E-state index >= 15 is 0 Å². The fraction of sp³-hybridized carbons (Fsp3) is 0.0526. The van der Waals surface area contributed by atoms with Crippen LogP contribution in [0.4, 0.5) is 5.69 Å². The van der Waals surface area contributed by atoms with Crippen molar-refractivity contribution < 1.29 is 13.9 Å². The van der Waals surface area contributed by atoms with E-state index < -0.39 is 11.5 Å². The fourth-order valence-electron chi connectivity index (χ4n) is 2.51. The third-order valence-corrected chi connectivity index (χ3v) is 3.91. The van der Waals surface area contributed by atoms with Gasteiger partial charge in [-0.3, -0.25) is 9.59 Å². The molecule has 0 aliphatic carbocycles. The van der Waals surface area contributed by atoms with Crippen molar-refractivity contribution in [1.82, 2.24) is 14.6 Å². The minimum absolute atomic E-state index is 0.0101. The van der Waals surface area contributed by atoms with Crippen LogP contribution in [0.1, 0.15) is 10.4 Å². The molecule has 0 radical (unpaired) electrons. The van der Waals surface area contributed by atoms with Crippen LogP contribution in [-0.4, -0.2) is 27.6 Å². The van der Waals surface area contributed by atoms with Gasteiger partial charge in [0.15, 0.2) is 0 Å². The lowest BCUT2D eigenvalue weighted by atomic mass is 10.2. The van der Waals surface area contributed by atoms with Gasteiger partial charge in [-0.2, -0.15) is 0 Å². The fourth-order valence-corrected chi connectivity index (χ4v) is 2.51. The predicted molar refractivity (Wildman–Crippen MR) is 97.9 cm³/mol. The van der Waals surface area contributed by atoms with Crippen LogP contribution in [0.2, 0.25) is 0 Å². The zero-order valence-electron chi connectivity index (χ0n) is 14.2. The topological polar surface area (TPSA) is 98.7 Å². The monoisotopic (exact) mass is 362 g/mol.